The van der Waals surface area contributed by atoms with Gasteiger partial charge in [0.15, 0.2) is 0 Å². The molecule has 7 nitrogen and oxygen atoms in total. The first-order valence-electron chi connectivity index (χ1n) is 8.41. The lowest BCUT2D eigenvalue weighted by atomic mass is 9.97. The largest absolute Gasteiger partial charge is 0.466 e. The molecule has 0 spiro atoms. The van der Waals surface area contributed by atoms with Crippen LogP contribution in [0.4, 0.5) is 5.69 Å². The maximum Gasteiger partial charge on any atom is 0.339 e. The fraction of sp³-hybridized carbons (Fsp3) is 0.500. The molecule has 0 unspecified atom stereocenters. The fourth-order valence-corrected chi connectivity index (χ4v) is 2.86. The monoisotopic (exact) mass is 348 g/mol. The van der Waals surface area contributed by atoms with Crippen LogP contribution in [-0.2, 0) is 19.1 Å². The molecular formula is C18H24N2O5. The van der Waals surface area contributed by atoms with E-state index in [2.05, 4.69) is 5.32 Å². The number of ether oxygens (including phenoxy) is 2. The molecule has 1 heterocycles. The average molecular weight is 348 g/mol. The number of esters is 2. The van der Waals surface area contributed by atoms with Crippen molar-refractivity contribution < 1.29 is 23.9 Å². The summed E-state index contributed by atoms with van der Waals surface area (Å²) < 4.78 is 9.76. The average Bonchev–Trinajstić information content (AvgIpc) is 2.62. The molecule has 136 valence electrons. The van der Waals surface area contributed by atoms with Gasteiger partial charge < -0.3 is 14.8 Å². The number of rotatable bonds is 6. The third-order valence-corrected chi connectivity index (χ3v) is 4.18. The molecule has 0 aliphatic carbocycles. The van der Waals surface area contributed by atoms with Crippen LogP contribution in [-0.4, -0.2) is 56.1 Å². The first-order valence-corrected chi connectivity index (χ1v) is 8.41. The Morgan fingerprint density at radius 3 is 2.52 bits per heavy atom. The van der Waals surface area contributed by atoms with Gasteiger partial charge in [-0.25, -0.2) is 4.79 Å². The second kappa shape index (κ2) is 9.17. The molecule has 0 bridgehead atoms. The molecule has 1 aromatic rings. The van der Waals surface area contributed by atoms with Gasteiger partial charge in [0.05, 0.1) is 37.4 Å². The predicted octanol–water partition coefficient (Wildman–Crippen LogP) is 1.69. The summed E-state index contributed by atoms with van der Waals surface area (Å²) in [6.45, 7) is 3.72. The number of piperidine rings is 1. The standard InChI is InChI=1S/C18H24N2O5/c1-3-25-17(22)13-8-10-20(11-9-13)12-16(21)19-15-7-5-4-6-14(15)18(23)24-2/h4-7,13H,3,8-12H2,1-2H3,(H,19,21). The Morgan fingerprint density at radius 1 is 1.20 bits per heavy atom. The van der Waals surface area contributed by atoms with Gasteiger partial charge in [-0.1, -0.05) is 12.1 Å². The first kappa shape index (κ1) is 18.9. The predicted molar refractivity (Wildman–Crippen MR) is 92.2 cm³/mol. The van der Waals surface area contributed by atoms with Crippen LogP contribution in [0.15, 0.2) is 24.3 Å². The molecule has 1 aliphatic heterocycles. The van der Waals surface area contributed by atoms with Crippen LogP contribution >= 0.6 is 0 Å². The van der Waals surface area contributed by atoms with Gasteiger partial charge in [0.1, 0.15) is 0 Å². The molecule has 1 amide bonds. The van der Waals surface area contributed by atoms with E-state index in [0.717, 1.165) is 0 Å². The van der Waals surface area contributed by atoms with Gasteiger partial charge >= 0.3 is 11.9 Å². The van der Waals surface area contributed by atoms with E-state index in [4.69, 9.17) is 9.47 Å². The van der Waals surface area contributed by atoms with Crippen molar-refractivity contribution in [3.05, 3.63) is 29.8 Å². The zero-order valence-electron chi connectivity index (χ0n) is 14.6. The minimum absolute atomic E-state index is 0.0840. The lowest BCUT2D eigenvalue weighted by Crippen LogP contribution is -2.41. The molecule has 2 rings (SSSR count). The summed E-state index contributed by atoms with van der Waals surface area (Å²) in [5.74, 6) is -0.935. The minimum atomic E-state index is -0.494. The van der Waals surface area contributed by atoms with E-state index in [9.17, 15) is 14.4 Å². The molecule has 1 aromatic carbocycles. The van der Waals surface area contributed by atoms with Crippen LogP contribution in [0, 0.1) is 5.92 Å². The summed E-state index contributed by atoms with van der Waals surface area (Å²) in [6.07, 6.45) is 1.37. The highest BCUT2D eigenvalue weighted by atomic mass is 16.5. The van der Waals surface area contributed by atoms with Crippen LogP contribution in [0.25, 0.3) is 0 Å². The summed E-state index contributed by atoms with van der Waals surface area (Å²) in [4.78, 5) is 37.7. The van der Waals surface area contributed by atoms with Gasteiger partial charge in [0.25, 0.3) is 0 Å². The van der Waals surface area contributed by atoms with Crippen LogP contribution in [0.3, 0.4) is 0 Å². The zero-order valence-corrected chi connectivity index (χ0v) is 14.6. The van der Waals surface area contributed by atoms with E-state index in [-0.39, 0.29) is 24.3 Å². The van der Waals surface area contributed by atoms with Gasteiger partial charge in [-0.3, -0.25) is 14.5 Å². The Kier molecular flexibility index (Phi) is 6.94. The van der Waals surface area contributed by atoms with E-state index in [0.29, 0.717) is 43.8 Å². The number of carbonyl (C=O) groups excluding carboxylic acids is 3. The Labute approximate surface area is 147 Å². The highest BCUT2D eigenvalue weighted by molar-refractivity contribution is 6.01. The Morgan fingerprint density at radius 2 is 1.88 bits per heavy atom. The van der Waals surface area contributed by atoms with Gasteiger partial charge in [-0.05, 0) is 45.0 Å². The number of anilines is 1. The smallest absolute Gasteiger partial charge is 0.339 e. The quantitative estimate of drug-likeness (QED) is 0.788. The molecule has 1 aliphatic rings. The SMILES string of the molecule is CCOC(=O)C1CCN(CC(=O)Nc2ccccc2C(=O)OC)CC1. The summed E-state index contributed by atoms with van der Waals surface area (Å²) in [7, 11) is 1.30. The third kappa shape index (κ3) is 5.29. The summed E-state index contributed by atoms with van der Waals surface area (Å²) in [5.41, 5.74) is 0.750. The van der Waals surface area contributed by atoms with Gasteiger partial charge in [0.2, 0.25) is 5.91 Å². The van der Waals surface area contributed by atoms with E-state index < -0.39 is 5.97 Å². The van der Waals surface area contributed by atoms with Crippen molar-refractivity contribution >= 4 is 23.5 Å². The van der Waals surface area contributed by atoms with Crippen molar-refractivity contribution in [2.45, 2.75) is 19.8 Å². The molecular weight excluding hydrogens is 324 g/mol. The van der Waals surface area contributed by atoms with Crippen LogP contribution in [0.2, 0.25) is 0 Å². The summed E-state index contributed by atoms with van der Waals surface area (Å²) in [5, 5.41) is 2.75. The van der Waals surface area contributed by atoms with Crippen molar-refractivity contribution in [3.8, 4) is 0 Å². The first-order chi connectivity index (χ1) is 12.0. The van der Waals surface area contributed by atoms with E-state index in [1.54, 1.807) is 31.2 Å². The number of methoxy groups -OCH3 is 1. The highest BCUT2D eigenvalue weighted by Gasteiger charge is 2.27. The number of nitrogens with zero attached hydrogens (tertiary/aromatic N) is 1. The Bertz CT molecular complexity index is 624. The Hall–Kier alpha value is -2.41. The number of para-hydroxylation sites is 1. The second-order valence-corrected chi connectivity index (χ2v) is 5.89. The summed E-state index contributed by atoms with van der Waals surface area (Å²) >= 11 is 0. The van der Waals surface area contributed by atoms with Gasteiger partial charge in [-0.2, -0.15) is 0 Å². The van der Waals surface area contributed by atoms with Gasteiger partial charge in [-0.15, -0.1) is 0 Å². The van der Waals surface area contributed by atoms with E-state index >= 15 is 0 Å². The van der Waals surface area contributed by atoms with Crippen LogP contribution in [0.5, 0.6) is 0 Å². The Balaban J connectivity index is 1.86. The molecule has 0 atom stereocenters. The lowest BCUT2D eigenvalue weighted by molar-refractivity contribution is -0.149. The molecule has 1 saturated heterocycles. The molecule has 0 radical (unpaired) electrons. The number of likely N-dealkylation sites (tertiary alicyclic amines) is 1. The number of benzene rings is 1. The lowest BCUT2D eigenvalue weighted by Gasteiger charge is -2.30. The molecule has 0 aromatic heterocycles. The van der Waals surface area contributed by atoms with Crippen molar-refractivity contribution in [2.24, 2.45) is 5.92 Å². The topological polar surface area (TPSA) is 84.9 Å². The maximum absolute atomic E-state index is 12.3. The summed E-state index contributed by atoms with van der Waals surface area (Å²) in [6, 6.07) is 6.72. The zero-order chi connectivity index (χ0) is 18.2. The third-order valence-electron chi connectivity index (χ3n) is 4.18. The van der Waals surface area contributed by atoms with Crippen LogP contribution < -0.4 is 5.32 Å². The van der Waals surface area contributed by atoms with Crippen molar-refractivity contribution in [1.29, 1.82) is 0 Å². The fourth-order valence-electron chi connectivity index (χ4n) is 2.86. The highest BCUT2D eigenvalue weighted by Crippen LogP contribution is 2.19. The van der Waals surface area contributed by atoms with Crippen molar-refractivity contribution in [2.75, 3.05) is 38.7 Å². The van der Waals surface area contributed by atoms with Crippen LogP contribution in [0.1, 0.15) is 30.1 Å². The van der Waals surface area contributed by atoms with Gasteiger partial charge in [0, 0.05) is 0 Å². The molecule has 7 heteroatoms. The number of hydrogen-bond donors (Lipinski definition) is 1. The van der Waals surface area contributed by atoms with Crippen molar-refractivity contribution in [3.63, 3.8) is 0 Å². The minimum Gasteiger partial charge on any atom is -0.466 e. The number of nitrogens with one attached hydrogen (secondary N) is 1. The number of amides is 1. The molecule has 1 N–H and O–H groups in total. The van der Waals surface area contributed by atoms with E-state index in [1.165, 1.54) is 7.11 Å². The number of carbonyl (C=O) groups is 3. The maximum atomic E-state index is 12.3. The molecule has 25 heavy (non-hydrogen) atoms. The molecule has 0 saturated carbocycles. The second-order valence-electron chi connectivity index (χ2n) is 5.89. The molecule has 1 fully saturated rings. The van der Waals surface area contributed by atoms with Crippen molar-refractivity contribution in [1.82, 2.24) is 4.90 Å². The normalized spacial score (nSPS) is 15.4. The van der Waals surface area contributed by atoms with E-state index in [1.807, 2.05) is 4.90 Å². The number of hydrogen-bond acceptors (Lipinski definition) is 6.